The van der Waals surface area contributed by atoms with Crippen molar-refractivity contribution in [2.75, 3.05) is 18.0 Å². The van der Waals surface area contributed by atoms with Crippen molar-refractivity contribution < 1.29 is 4.79 Å². The van der Waals surface area contributed by atoms with Crippen LogP contribution >= 0.6 is 11.6 Å². The molecule has 0 aliphatic carbocycles. The molecule has 4 nitrogen and oxygen atoms in total. The normalized spacial score (nSPS) is 13.6. The summed E-state index contributed by atoms with van der Waals surface area (Å²) in [5.41, 5.74) is 3.74. The van der Waals surface area contributed by atoms with Crippen molar-refractivity contribution in [2.24, 2.45) is 0 Å². The molecule has 1 N–H and O–H groups in total. The first-order chi connectivity index (χ1) is 14.2. The smallest absolute Gasteiger partial charge is 0.258 e. The van der Waals surface area contributed by atoms with Gasteiger partial charge < -0.3 is 10.2 Å². The van der Waals surface area contributed by atoms with E-state index in [4.69, 9.17) is 11.6 Å². The summed E-state index contributed by atoms with van der Waals surface area (Å²) >= 11 is 6.07. The van der Waals surface area contributed by atoms with Crippen molar-refractivity contribution in [1.29, 1.82) is 0 Å². The molecule has 1 aromatic carbocycles. The summed E-state index contributed by atoms with van der Waals surface area (Å²) in [6, 6.07) is 7.58. The van der Waals surface area contributed by atoms with Gasteiger partial charge in [0.05, 0.1) is 11.9 Å². The second-order valence-corrected chi connectivity index (χ2v) is 8.29. The number of anilines is 1. The number of hydrogen-bond acceptors (Lipinski definition) is 3. The number of aromatic nitrogens is 1. The predicted octanol–water partition coefficient (Wildman–Crippen LogP) is 5.78. The van der Waals surface area contributed by atoms with E-state index in [0.29, 0.717) is 11.6 Å². The maximum atomic E-state index is 12.9. The third-order valence-corrected chi connectivity index (χ3v) is 5.76. The van der Waals surface area contributed by atoms with Gasteiger partial charge in [-0.15, -0.1) is 0 Å². The number of rotatable bonds is 11. The predicted molar refractivity (Wildman–Crippen MR) is 121 cm³/mol. The number of pyridine rings is 1. The van der Waals surface area contributed by atoms with Crippen LogP contribution in [-0.4, -0.2) is 24.0 Å². The van der Waals surface area contributed by atoms with Crippen molar-refractivity contribution in [3.05, 3.63) is 58.4 Å². The standard InChI is InChI=1S/C24H32ClN3O/c1-2-3-4-5-6-7-8-12-26-16-19-14-22(18-27-17-19)28-13-11-20-15-21(25)9-10-23(20)24(28)29/h9-10,14-15,17-18,26H,2-8,11-13,16H2,1H3. The Hall–Kier alpha value is -1.91. The molecule has 0 unspecified atom stereocenters. The van der Waals surface area contributed by atoms with Crippen LogP contribution < -0.4 is 10.2 Å². The lowest BCUT2D eigenvalue weighted by atomic mass is 9.98. The first-order valence-corrected chi connectivity index (χ1v) is 11.3. The van der Waals surface area contributed by atoms with Gasteiger partial charge in [0.15, 0.2) is 0 Å². The van der Waals surface area contributed by atoms with E-state index in [2.05, 4.69) is 23.3 Å². The Balaban J connectivity index is 1.47. The number of benzene rings is 1. The summed E-state index contributed by atoms with van der Waals surface area (Å²) in [5, 5.41) is 4.19. The number of nitrogens with one attached hydrogen (secondary N) is 1. The summed E-state index contributed by atoms with van der Waals surface area (Å²) in [7, 11) is 0. The van der Waals surface area contributed by atoms with Crippen LogP contribution in [0.5, 0.6) is 0 Å². The fourth-order valence-electron chi connectivity index (χ4n) is 3.86. The monoisotopic (exact) mass is 413 g/mol. The van der Waals surface area contributed by atoms with Crippen molar-refractivity contribution in [3.8, 4) is 0 Å². The highest BCUT2D eigenvalue weighted by Gasteiger charge is 2.25. The molecule has 0 bridgehead atoms. The van der Waals surface area contributed by atoms with E-state index in [0.717, 1.165) is 41.9 Å². The van der Waals surface area contributed by atoms with Crippen LogP contribution in [0.3, 0.4) is 0 Å². The van der Waals surface area contributed by atoms with Crippen LogP contribution in [-0.2, 0) is 13.0 Å². The quantitative estimate of drug-likeness (QED) is 0.475. The number of carbonyl (C=O) groups is 1. The maximum Gasteiger partial charge on any atom is 0.258 e. The molecule has 0 spiro atoms. The van der Waals surface area contributed by atoms with E-state index in [1.54, 1.807) is 12.3 Å². The minimum Gasteiger partial charge on any atom is -0.313 e. The van der Waals surface area contributed by atoms with Gasteiger partial charge in [0.25, 0.3) is 5.91 Å². The Morgan fingerprint density at radius 2 is 1.86 bits per heavy atom. The topological polar surface area (TPSA) is 45.2 Å². The van der Waals surface area contributed by atoms with Gasteiger partial charge in [-0.2, -0.15) is 0 Å². The Labute approximate surface area is 179 Å². The Morgan fingerprint density at radius 3 is 2.69 bits per heavy atom. The highest BCUT2D eigenvalue weighted by molar-refractivity contribution is 6.30. The Bertz CT molecular complexity index is 808. The molecule has 1 aliphatic rings. The molecule has 5 heteroatoms. The lowest BCUT2D eigenvalue weighted by Crippen LogP contribution is -2.37. The summed E-state index contributed by atoms with van der Waals surface area (Å²) in [5.74, 6) is 0.0258. The zero-order chi connectivity index (χ0) is 20.5. The van der Waals surface area contributed by atoms with E-state index >= 15 is 0 Å². The first-order valence-electron chi connectivity index (χ1n) is 10.9. The highest BCUT2D eigenvalue weighted by Crippen LogP contribution is 2.26. The van der Waals surface area contributed by atoms with Crippen LogP contribution in [0.4, 0.5) is 5.69 Å². The van der Waals surface area contributed by atoms with Gasteiger partial charge in [-0.1, -0.05) is 57.0 Å². The van der Waals surface area contributed by atoms with Crippen molar-refractivity contribution in [1.82, 2.24) is 10.3 Å². The van der Waals surface area contributed by atoms with Crippen LogP contribution in [0.1, 0.15) is 73.4 Å². The van der Waals surface area contributed by atoms with Gasteiger partial charge in [-0.05, 0) is 54.8 Å². The highest BCUT2D eigenvalue weighted by atomic mass is 35.5. The molecule has 0 radical (unpaired) electrons. The number of hydrogen-bond donors (Lipinski definition) is 1. The minimum atomic E-state index is 0.0258. The van der Waals surface area contributed by atoms with Gasteiger partial charge in [-0.3, -0.25) is 9.78 Å². The molecule has 3 rings (SSSR count). The number of halogens is 1. The first kappa shape index (κ1) is 21.8. The SMILES string of the molecule is CCCCCCCCCNCc1cncc(N2CCc3cc(Cl)ccc3C2=O)c1. The van der Waals surface area contributed by atoms with Crippen LogP contribution in [0.25, 0.3) is 0 Å². The molecule has 0 atom stereocenters. The number of carbonyl (C=O) groups excluding carboxylic acids is 1. The summed E-state index contributed by atoms with van der Waals surface area (Å²) in [6.45, 7) is 4.71. The molecular weight excluding hydrogens is 382 g/mol. The molecule has 1 aromatic heterocycles. The third-order valence-electron chi connectivity index (χ3n) is 5.53. The zero-order valence-corrected chi connectivity index (χ0v) is 18.2. The molecule has 29 heavy (non-hydrogen) atoms. The molecular formula is C24H32ClN3O. The zero-order valence-electron chi connectivity index (χ0n) is 17.4. The molecule has 2 aromatic rings. The van der Waals surface area contributed by atoms with Gasteiger partial charge in [0.1, 0.15) is 0 Å². The number of nitrogens with zero attached hydrogens (tertiary/aromatic N) is 2. The largest absolute Gasteiger partial charge is 0.313 e. The molecule has 156 valence electrons. The van der Waals surface area contributed by atoms with Gasteiger partial charge in [0.2, 0.25) is 0 Å². The molecule has 1 aliphatic heterocycles. The Kier molecular flexibility index (Phi) is 8.51. The van der Waals surface area contributed by atoms with E-state index in [-0.39, 0.29) is 5.91 Å². The minimum absolute atomic E-state index is 0.0258. The lowest BCUT2D eigenvalue weighted by molar-refractivity contribution is 0.0980. The average Bonchev–Trinajstić information content (AvgIpc) is 2.73. The average molecular weight is 414 g/mol. The fourth-order valence-corrected chi connectivity index (χ4v) is 4.06. The second kappa shape index (κ2) is 11.3. The van der Waals surface area contributed by atoms with Gasteiger partial charge in [-0.25, -0.2) is 0 Å². The van der Waals surface area contributed by atoms with Crippen LogP contribution in [0.15, 0.2) is 36.7 Å². The molecule has 1 amide bonds. The van der Waals surface area contributed by atoms with Crippen molar-refractivity contribution in [2.45, 2.75) is 64.8 Å². The lowest BCUT2D eigenvalue weighted by Gasteiger charge is -2.28. The van der Waals surface area contributed by atoms with Gasteiger partial charge in [0, 0.05) is 29.9 Å². The molecule has 0 saturated heterocycles. The maximum absolute atomic E-state index is 12.9. The van der Waals surface area contributed by atoms with E-state index in [9.17, 15) is 4.79 Å². The molecule has 0 saturated carbocycles. The number of unbranched alkanes of at least 4 members (excludes halogenated alkanes) is 6. The van der Waals surface area contributed by atoms with Crippen molar-refractivity contribution >= 4 is 23.2 Å². The van der Waals surface area contributed by atoms with E-state index < -0.39 is 0 Å². The molecule has 0 fully saturated rings. The van der Waals surface area contributed by atoms with Crippen LogP contribution in [0, 0.1) is 0 Å². The summed E-state index contributed by atoms with van der Waals surface area (Å²) in [6.07, 6.45) is 13.7. The number of fused-ring (bicyclic) bond motifs is 1. The van der Waals surface area contributed by atoms with Gasteiger partial charge >= 0.3 is 0 Å². The number of amides is 1. The van der Waals surface area contributed by atoms with E-state index in [1.807, 2.05) is 23.2 Å². The molecule has 2 heterocycles. The third kappa shape index (κ3) is 6.28. The van der Waals surface area contributed by atoms with Crippen LogP contribution in [0.2, 0.25) is 5.02 Å². The van der Waals surface area contributed by atoms with Crippen molar-refractivity contribution in [3.63, 3.8) is 0 Å². The fraction of sp³-hybridized carbons (Fsp3) is 0.500. The second-order valence-electron chi connectivity index (χ2n) is 7.86. The van der Waals surface area contributed by atoms with E-state index in [1.165, 1.54) is 44.9 Å². The summed E-state index contributed by atoms with van der Waals surface area (Å²) < 4.78 is 0. The Morgan fingerprint density at radius 1 is 1.07 bits per heavy atom. The summed E-state index contributed by atoms with van der Waals surface area (Å²) in [4.78, 5) is 19.1.